The fraction of sp³-hybridized carbons (Fsp3) is 0.533. The molecule has 0 aliphatic heterocycles. The molecule has 118 valence electrons. The van der Waals surface area contributed by atoms with Crippen LogP contribution in [0.1, 0.15) is 25.5 Å². The maximum absolute atomic E-state index is 11.9. The molecule has 6 nitrogen and oxygen atoms in total. The first-order valence-corrected chi connectivity index (χ1v) is 6.86. The molecule has 0 aliphatic rings. The van der Waals surface area contributed by atoms with Crippen LogP contribution < -0.4 is 20.5 Å². The Morgan fingerprint density at radius 2 is 2.05 bits per heavy atom. The number of nitrogens with two attached hydrogens (primary N) is 1. The highest BCUT2D eigenvalue weighted by Gasteiger charge is 2.17. The molecule has 0 saturated heterocycles. The highest BCUT2D eigenvalue weighted by atomic mass is 16.5. The number of amides is 1. The predicted molar refractivity (Wildman–Crippen MR) is 80.6 cm³/mol. The van der Waals surface area contributed by atoms with Gasteiger partial charge in [-0.15, -0.1) is 0 Å². The van der Waals surface area contributed by atoms with Crippen molar-refractivity contribution < 1.29 is 19.0 Å². The van der Waals surface area contributed by atoms with Gasteiger partial charge in [0.15, 0.2) is 6.10 Å². The van der Waals surface area contributed by atoms with Gasteiger partial charge in [-0.25, -0.2) is 0 Å². The minimum Gasteiger partial charge on any atom is -0.497 e. The lowest BCUT2D eigenvalue weighted by atomic mass is 10.1. The van der Waals surface area contributed by atoms with Crippen molar-refractivity contribution in [1.82, 2.24) is 5.32 Å². The molecule has 1 rings (SSSR count). The van der Waals surface area contributed by atoms with Crippen LogP contribution in [0, 0.1) is 0 Å². The minimum absolute atomic E-state index is 0.199. The number of hydrogen-bond acceptors (Lipinski definition) is 5. The Balaban J connectivity index is 2.77. The van der Waals surface area contributed by atoms with Crippen molar-refractivity contribution in [1.29, 1.82) is 0 Å². The summed E-state index contributed by atoms with van der Waals surface area (Å²) in [5.74, 6) is 1.01. The minimum atomic E-state index is -0.633. The molecule has 1 aromatic carbocycles. The first kappa shape index (κ1) is 17.3. The quantitative estimate of drug-likeness (QED) is 0.705. The Hall–Kier alpha value is -1.79. The summed E-state index contributed by atoms with van der Waals surface area (Å²) in [7, 11) is 3.16. The number of hydrogen-bond donors (Lipinski definition) is 2. The van der Waals surface area contributed by atoms with Crippen LogP contribution in [-0.4, -0.2) is 39.4 Å². The van der Waals surface area contributed by atoms with Crippen LogP contribution in [0.5, 0.6) is 11.5 Å². The Morgan fingerprint density at radius 3 is 2.62 bits per heavy atom. The molecule has 0 radical (unpaired) electrons. The van der Waals surface area contributed by atoms with Gasteiger partial charge in [-0.2, -0.15) is 0 Å². The third-order valence-electron chi connectivity index (χ3n) is 2.99. The van der Waals surface area contributed by atoms with Crippen LogP contribution in [0.15, 0.2) is 18.2 Å². The summed E-state index contributed by atoms with van der Waals surface area (Å²) < 4.78 is 15.8. The molecule has 0 aromatic heterocycles. The average molecular weight is 296 g/mol. The van der Waals surface area contributed by atoms with Crippen molar-refractivity contribution in [2.24, 2.45) is 5.73 Å². The van der Waals surface area contributed by atoms with Crippen molar-refractivity contribution in [2.75, 3.05) is 27.4 Å². The van der Waals surface area contributed by atoms with E-state index in [4.69, 9.17) is 19.9 Å². The van der Waals surface area contributed by atoms with E-state index in [9.17, 15) is 4.79 Å². The van der Waals surface area contributed by atoms with E-state index >= 15 is 0 Å². The maximum Gasteiger partial charge on any atom is 0.260 e. The monoisotopic (exact) mass is 296 g/mol. The lowest BCUT2D eigenvalue weighted by molar-refractivity contribution is -0.127. The van der Waals surface area contributed by atoms with Crippen molar-refractivity contribution >= 4 is 5.91 Å². The van der Waals surface area contributed by atoms with E-state index in [0.29, 0.717) is 24.7 Å². The number of carbonyl (C=O) groups is 1. The van der Waals surface area contributed by atoms with Crippen molar-refractivity contribution in [2.45, 2.75) is 26.0 Å². The standard InChI is InChI=1S/C15H24N2O4/c1-10(16)13-6-5-12(20-4)9-14(13)21-11(2)15(18)17-7-8-19-3/h5-6,9-11H,7-8,16H2,1-4H3,(H,17,18). The predicted octanol–water partition coefficient (Wildman–Crippen LogP) is 1.24. The van der Waals surface area contributed by atoms with E-state index in [1.165, 1.54) is 0 Å². The summed E-state index contributed by atoms with van der Waals surface area (Å²) >= 11 is 0. The molecule has 1 amide bonds. The van der Waals surface area contributed by atoms with Gasteiger partial charge in [-0.1, -0.05) is 6.07 Å². The van der Waals surface area contributed by atoms with Crippen LogP contribution in [0.2, 0.25) is 0 Å². The van der Waals surface area contributed by atoms with Gasteiger partial charge in [0, 0.05) is 31.3 Å². The second-order valence-electron chi connectivity index (χ2n) is 4.74. The van der Waals surface area contributed by atoms with Gasteiger partial charge < -0.3 is 25.3 Å². The number of rotatable bonds is 8. The molecular weight excluding hydrogens is 272 g/mol. The number of methoxy groups -OCH3 is 2. The summed E-state index contributed by atoms with van der Waals surface area (Å²) in [5, 5.41) is 2.73. The summed E-state index contributed by atoms with van der Waals surface area (Å²) in [4.78, 5) is 11.9. The van der Waals surface area contributed by atoms with Crippen LogP contribution in [0.4, 0.5) is 0 Å². The molecule has 0 heterocycles. The van der Waals surface area contributed by atoms with Crippen LogP contribution >= 0.6 is 0 Å². The van der Waals surface area contributed by atoms with Gasteiger partial charge in [-0.3, -0.25) is 4.79 Å². The maximum atomic E-state index is 11.9. The zero-order chi connectivity index (χ0) is 15.8. The van der Waals surface area contributed by atoms with Crippen LogP contribution in [0.3, 0.4) is 0 Å². The van der Waals surface area contributed by atoms with Gasteiger partial charge >= 0.3 is 0 Å². The molecule has 0 aliphatic carbocycles. The molecular formula is C15H24N2O4. The third kappa shape index (κ3) is 5.24. The molecule has 1 aromatic rings. The zero-order valence-electron chi connectivity index (χ0n) is 13.0. The topological polar surface area (TPSA) is 82.8 Å². The lowest BCUT2D eigenvalue weighted by Gasteiger charge is -2.19. The Labute approximate surface area is 125 Å². The van der Waals surface area contributed by atoms with Crippen molar-refractivity contribution in [3.05, 3.63) is 23.8 Å². The first-order valence-electron chi connectivity index (χ1n) is 6.86. The van der Waals surface area contributed by atoms with Gasteiger partial charge in [-0.05, 0) is 19.9 Å². The summed E-state index contributed by atoms with van der Waals surface area (Å²) in [5.41, 5.74) is 6.74. The summed E-state index contributed by atoms with van der Waals surface area (Å²) in [6, 6.07) is 5.19. The molecule has 2 unspecified atom stereocenters. The fourth-order valence-electron chi connectivity index (χ4n) is 1.78. The Morgan fingerprint density at radius 1 is 1.33 bits per heavy atom. The number of benzene rings is 1. The van der Waals surface area contributed by atoms with Gasteiger partial charge in [0.1, 0.15) is 11.5 Å². The van der Waals surface area contributed by atoms with Crippen LogP contribution in [0.25, 0.3) is 0 Å². The first-order chi connectivity index (χ1) is 9.99. The molecule has 6 heteroatoms. The molecule has 0 fully saturated rings. The lowest BCUT2D eigenvalue weighted by Crippen LogP contribution is -2.38. The second kappa shape index (κ2) is 8.49. The number of ether oxygens (including phenoxy) is 3. The summed E-state index contributed by atoms with van der Waals surface area (Å²) in [6.07, 6.45) is -0.633. The molecule has 0 spiro atoms. The van der Waals surface area contributed by atoms with E-state index < -0.39 is 6.10 Å². The van der Waals surface area contributed by atoms with Crippen molar-refractivity contribution in [3.63, 3.8) is 0 Å². The van der Waals surface area contributed by atoms with Crippen LogP contribution in [-0.2, 0) is 9.53 Å². The smallest absolute Gasteiger partial charge is 0.260 e. The van der Waals surface area contributed by atoms with Crippen molar-refractivity contribution in [3.8, 4) is 11.5 Å². The highest BCUT2D eigenvalue weighted by molar-refractivity contribution is 5.80. The van der Waals surface area contributed by atoms with Gasteiger partial charge in [0.05, 0.1) is 13.7 Å². The zero-order valence-corrected chi connectivity index (χ0v) is 13.0. The molecule has 3 N–H and O–H groups in total. The van der Waals surface area contributed by atoms with E-state index in [1.807, 2.05) is 19.1 Å². The average Bonchev–Trinajstić information content (AvgIpc) is 2.46. The molecule has 0 bridgehead atoms. The largest absolute Gasteiger partial charge is 0.497 e. The second-order valence-corrected chi connectivity index (χ2v) is 4.74. The molecule has 0 saturated carbocycles. The number of carbonyl (C=O) groups excluding carboxylic acids is 1. The molecule has 2 atom stereocenters. The molecule has 21 heavy (non-hydrogen) atoms. The normalized spacial score (nSPS) is 13.4. The van der Waals surface area contributed by atoms with E-state index in [1.54, 1.807) is 27.2 Å². The van der Waals surface area contributed by atoms with E-state index in [-0.39, 0.29) is 11.9 Å². The van der Waals surface area contributed by atoms with E-state index in [0.717, 1.165) is 5.56 Å². The Kier molecular flexibility index (Phi) is 6.98. The van der Waals surface area contributed by atoms with Gasteiger partial charge in [0.2, 0.25) is 0 Å². The number of nitrogens with one attached hydrogen (secondary N) is 1. The Bertz CT molecular complexity index is 463. The SMILES string of the molecule is COCCNC(=O)C(C)Oc1cc(OC)ccc1C(C)N. The highest BCUT2D eigenvalue weighted by Crippen LogP contribution is 2.29. The fourth-order valence-corrected chi connectivity index (χ4v) is 1.78. The van der Waals surface area contributed by atoms with Gasteiger partial charge in [0.25, 0.3) is 5.91 Å². The summed E-state index contributed by atoms with van der Waals surface area (Å²) in [6.45, 7) is 4.45. The third-order valence-corrected chi connectivity index (χ3v) is 2.99. The van der Waals surface area contributed by atoms with E-state index in [2.05, 4.69) is 5.32 Å².